The number of carbonyl (C=O) groups is 1. The summed E-state index contributed by atoms with van der Waals surface area (Å²) < 4.78 is 27.1. The van der Waals surface area contributed by atoms with E-state index in [4.69, 9.17) is 0 Å². The topological polar surface area (TPSA) is 60.9 Å². The maximum Gasteiger partial charge on any atom is 0.254 e. The third-order valence-corrected chi connectivity index (χ3v) is 7.59. The van der Waals surface area contributed by atoms with Crippen LogP contribution in [0.4, 0.5) is 0 Å². The Labute approximate surface area is 135 Å². The zero-order valence-corrected chi connectivity index (χ0v) is 14.3. The van der Waals surface area contributed by atoms with Crippen LogP contribution < -0.4 is 0 Å². The number of sulfonamides is 1. The van der Waals surface area contributed by atoms with Gasteiger partial charge < -0.3 is 9.80 Å². The molecular formula is C14H21N3O3S2. The van der Waals surface area contributed by atoms with E-state index < -0.39 is 10.0 Å². The van der Waals surface area contributed by atoms with Crippen molar-refractivity contribution in [1.29, 1.82) is 0 Å². The minimum absolute atomic E-state index is 0.0476. The van der Waals surface area contributed by atoms with Crippen LogP contribution in [-0.2, 0) is 10.0 Å². The zero-order chi connectivity index (χ0) is 15.7. The summed E-state index contributed by atoms with van der Waals surface area (Å²) in [7, 11) is -1.48. The summed E-state index contributed by atoms with van der Waals surface area (Å²) in [6.45, 7) is 4.04. The van der Waals surface area contributed by atoms with Crippen molar-refractivity contribution in [3.8, 4) is 0 Å². The van der Waals surface area contributed by atoms with E-state index in [9.17, 15) is 13.2 Å². The average Bonchev–Trinajstić information content (AvgIpc) is 3.19. The normalized spacial score (nSPS) is 21.4. The first-order chi connectivity index (χ1) is 10.5. The molecule has 0 radical (unpaired) electrons. The van der Waals surface area contributed by atoms with E-state index in [1.165, 1.54) is 4.31 Å². The van der Waals surface area contributed by atoms with Gasteiger partial charge >= 0.3 is 0 Å². The molecule has 8 heteroatoms. The van der Waals surface area contributed by atoms with Crippen LogP contribution in [0.15, 0.2) is 15.7 Å². The number of rotatable bonds is 3. The maximum atomic E-state index is 12.6. The number of piperazine rings is 1. The predicted octanol–water partition coefficient (Wildman–Crippen LogP) is 0.920. The summed E-state index contributed by atoms with van der Waals surface area (Å²) in [6, 6.07) is 1.54. The van der Waals surface area contributed by atoms with Gasteiger partial charge in [-0.05, 0) is 26.0 Å². The van der Waals surface area contributed by atoms with Crippen LogP contribution in [0.5, 0.6) is 0 Å². The summed E-state index contributed by atoms with van der Waals surface area (Å²) in [6.07, 6.45) is 2.06. The largest absolute Gasteiger partial charge is 0.339 e. The molecule has 0 bridgehead atoms. The molecule has 0 spiro atoms. The van der Waals surface area contributed by atoms with Crippen LogP contribution in [0.3, 0.4) is 0 Å². The second-order valence-corrected chi connectivity index (χ2v) is 8.94. The molecule has 6 nitrogen and oxygen atoms in total. The first-order valence-electron chi connectivity index (χ1n) is 7.55. The van der Waals surface area contributed by atoms with E-state index in [0.29, 0.717) is 18.7 Å². The van der Waals surface area contributed by atoms with Gasteiger partial charge in [-0.1, -0.05) is 0 Å². The first-order valence-corrected chi connectivity index (χ1v) is 9.87. The van der Waals surface area contributed by atoms with Gasteiger partial charge in [0, 0.05) is 44.6 Å². The Kier molecular flexibility index (Phi) is 4.54. The van der Waals surface area contributed by atoms with Crippen molar-refractivity contribution >= 4 is 27.3 Å². The molecule has 2 aliphatic heterocycles. The summed E-state index contributed by atoms with van der Waals surface area (Å²) in [5, 5.41) is 1.67. The number of amides is 1. The van der Waals surface area contributed by atoms with Crippen molar-refractivity contribution in [2.75, 3.05) is 46.3 Å². The van der Waals surface area contributed by atoms with Crippen molar-refractivity contribution in [2.24, 2.45) is 0 Å². The Bertz CT molecular complexity index is 642. The highest BCUT2D eigenvalue weighted by Crippen LogP contribution is 2.26. The number of hydrogen-bond donors (Lipinski definition) is 0. The maximum absolute atomic E-state index is 12.6. The number of nitrogens with zero attached hydrogens (tertiary/aromatic N) is 3. The Morgan fingerprint density at radius 1 is 1.09 bits per heavy atom. The highest BCUT2D eigenvalue weighted by molar-refractivity contribution is 7.91. The molecule has 1 aromatic heterocycles. The molecule has 0 saturated carbocycles. The monoisotopic (exact) mass is 343 g/mol. The van der Waals surface area contributed by atoms with Gasteiger partial charge in [-0.3, -0.25) is 4.79 Å². The molecular weight excluding hydrogens is 322 g/mol. The van der Waals surface area contributed by atoms with Gasteiger partial charge in [0.2, 0.25) is 0 Å². The van der Waals surface area contributed by atoms with Gasteiger partial charge in [0.1, 0.15) is 4.21 Å². The van der Waals surface area contributed by atoms with Gasteiger partial charge in [0.15, 0.2) is 0 Å². The SMILES string of the molecule is CN1CCN(S(=O)(=O)c2cc(C(=O)N3CCCC3)cs2)CC1. The third-order valence-electron chi connectivity index (χ3n) is 4.27. The molecule has 0 aromatic carbocycles. The van der Waals surface area contributed by atoms with Crippen LogP contribution in [0.25, 0.3) is 0 Å². The lowest BCUT2D eigenvalue weighted by Gasteiger charge is -2.31. The second kappa shape index (κ2) is 6.27. The van der Waals surface area contributed by atoms with Crippen molar-refractivity contribution < 1.29 is 13.2 Å². The lowest BCUT2D eigenvalue weighted by Crippen LogP contribution is -2.46. The van der Waals surface area contributed by atoms with Crippen LogP contribution in [0, 0.1) is 0 Å². The lowest BCUT2D eigenvalue weighted by atomic mass is 10.3. The summed E-state index contributed by atoms with van der Waals surface area (Å²) in [5.74, 6) is -0.0476. The van der Waals surface area contributed by atoms with Gasteiger partial charge in [-0.15, -0.1) is 11.3 Å². The molecule has 2 aliphatic rings. The van der Waals surface area contributed by atoms with E-state index >= 15 is 0 Å². The average molecular weight is 343 g/mol. The highest BCUT2D eigenvalue weighted by Gasteiger charge is 2.30. The highest BCUT2D eigenvalue weighted by atomic mass is 32.2. The molecule has 2 saturated heterocycles. The fraction of sp³-hybridized carbons (Fsp3) is 0.643. The molecule has 22 heavy (non-hydrogen) atoms. The smallest absolute Gasteiger partial charge is 0.254 e. The molecule has 0 unspecified atom stereocenters. The predicted molar refractivity (Wildman–Crippen MR) is 85.7 cm³/mol. The fourth-order valence-electron chi connectivity index (χ4n) is 2.82. The number of likely N-dealkylation sites (tertiary alicyclic amines) is 1. The first kappa shape index (κ1) is 15.9. The Morgan fingerprint density at radius 3 is 2.36 bits per heavy atom. The minimum atomic E-state index is -3.47. The quantitative estimate of drug-likeness (QED) is 0.819. The summed E-state index contributed by atoms with van der Waals surface area (Å²) >= 11 is 1.15. The van der Waals surface area contributed by atoms with Gasteiger partial charge in [0.25, 0.3) is 15.9 Å². The fourth-order valence-corrected chi connectivity index (χ4v) is 5.55. The molecule has 2 fully saturated rings. The molecule has 0 aliphatic carbocycles. The van der Waals surface area contributed by atoms with Crippen molar-refractivity contribution in [1.82, 2.24) is 14.1 Å². The third kappa shape index (κ3) is 3.05. The van der Waals surface area contributed by atoms with Gasteiger partial charge in [-0.2, -0.15) is 4.31 Å². The number of thiophene rings is 1. The van der Waals surface area contributed by atoms with Crippen molar-refractivity contribution in [2.45, 2.75) is 17.1 Å². The molecule has 3 heterocycles. The van der Waals surface area contributed by atoms with E-state index in [1.807, 2.05) is 7.05 Å². The Morgan fingerprint density at radius 2 is 1.73 bits per heavy atom. The van der Waals surface area contributed by atoms with Crippen LogP contribution >= 0.6 is 11.3 Å². The molecule has 122 valence electrons. The van der Waals surface area contributed by atoms with Crippen LogP contribution in [0.1, 0.15) is 23.2 Å². The number of likely N-dealkylation sites (N-methyl/N-ethyl adjacent to an activating group) is 1. The van der Waals surface area contributed by atoms with E-state index in [1.54, 1.807) is 16.3 Å². The second-order valence-electron chi connectivity index (χ2n) is 5.86. The Hall–Kier alpha value is -0.960. The van der Waals surface area contributed by atoms with E-state index in [2.05, 4.69) is 4.90 Å². The Balaban J connectivity index is 1.76. The van der Waals surface area contributed by atoms with Gasteiger partial charge in [0.05, 0.1) is 5.56 Å². The molecule has 0 atom stereocenters. The number of hydrogen-bond acceptors (Lipinski definition) is 5. The zero-order valence-electron chi connectivity index (χ0n) is 12.7. The van der Waals surface area contributed by atoms with Crippen LogP contribution in [0.2, 0.25) is 0 Å². The van der Waals surface area contributed by atoms with Crippen molar-refractivity contribution in [3.05, 3.63) is 17.0 Å². The van der Waals surface area contributed by atoms with E-state index in [-0.39, 0.29) is 10.1 Å². The standard InChI is InChI=1S/C14H21N3O3S2/c1-15-6-8-17(9-7-15)22(19,20)13-10-12(11-21-13)14(18)16-4-2-3-5-16/h10-11H,2-9H2,1H3. The van der Waals surface area contributed by atoms with Gasteiger partial charge in [-0.25, -0.2) is 8.42 Å². The van der Waals surface area contributed by atoms with Crippen LogP contribution in [-0.4, -0.2) is 74.7 Å². The molecule has 1 aromatic rings. The summed E-state index contributed by atoms with van der Waals surface area (Å²) in [5.41, 5.74) is 0.500. The minimum Gasteiger partial charge on any atom is -0.339 e. The summed E-state index contributed by atoms with van der Waals surface area (Å²) in [4.78, 5) is 16.2. The lowest BCUT2D eigenvalue weighted by molar-refractivity contribution is 0.0793. The molecule has 1 amide bonds. The number of carbonyl (C=O) groups excluding carboxylic acids is 1. The van der Waals surface area contributed by atoms with E-state index in [0.717, 1.165) is 50.4 Å². The van der Waals surface area contributed by atoms with Crippen molar-refractivity contribution in [3.63, 3.8) is 0 Å². The molecule has 3 rings (SSSR count). The molecule has 0 N–H and O–H groups in total.